The van der Waals surface area contributed by atoms with Crippen LogP contribution in [-0.4, -0.2) is 29.6 Å². The van der Waals surface area contributed by atoms with Gasteiger partial charge in [0, 0.05) is 11.7 Å². The van der Waals surface area contributed by atoms with Gasteiger partial charge in [0.25, 0.3) is 0 Å². The van der Waals surface area contributed by atoms with E-state index >= 15 is 0 Å². The number of carbonyl (C=O) groups is 2. The van der Waals surface area contributed by atoms with E-state index in [1.165, 1.54) is 12.1 Å². The van der Waals surface area contributed by atoms with Crippen LogP contribution in [0.5, 0.6) is 0 Å². The number of carboxylic acids is 1. The van der Waals surface area contributed by atoms with Crippen molar-refractivity contribution >= 4 is 29.2 Å². The lowest BCUT2D eigenvalue weighted by atomic mass is 10.0. The van der Waals surface area contributed by atoms with Crippen LogP contribution in [0, 0.1) is 5.92 Å². The van der Waals surface area contributed by atoms with Crippen molar-refractivity contribution in [2.24, 2.45) is 5.92 Å². The molecule has 3 N–H and O–H groups in total. The van der Waals surface area contributed by atoms with Crippen LogP contribution < -0.4 is 10.6 Å². The number of carbonyl (C=O) groups excluding carboxylic acids is 1. The molecule has 19 heavy (non-hydrogen) atoms. The van der Waals surface area contributed by atoms with Crippen molar-refractivity contribution in [3.63, 3.8) is 0 Å². The van der Waals surface area contributed by atoms with Gasteiger partial charge in [0.2, 0.25) is 5.91 Å². The molecule has 5 nitrogen and oxygen atoms in total. The Hall–Kier alpha value is -1.59. The van der Waals surface area contributed by atoms with Crippen LogP contribution in [-0.2, 0) is 4.79 Å². The van der Waals surface area contributed by atoms with Gasteiger partial charge in [-0.3, -0.25) is 4.79 Å². The molecule has 2 unspecified atom stereocenters. The first-order valence-corrected chi connectivity index (χ1v) is 6.44. The van der Waals surface area contributed by atoms with Crippen LogP contribution in [0.25, 0.3) is 0 Å². The Balaban J connectivity index is 2.09. The van der Waals surface area contributed by atoms with Crippen molar-refractivity contribution in [1.29, 1.82) is 0 Å². The van der Waals surface area contributed by atoms with Gasteiger partial charge in [-0.05, 0) is 38.1 Å². The molecule has 0 radical (unpaired) electrons. The standard InChI is InChI=1S/C13H15ClN2O3/c1-7-9(4-5-15-7)12(17)16-8-2-3-10(13(18)19)11(14)6-8/h2-3,6-7,9,15H,4-5H2,1H3,(H,16,17)(H,18,19). The molecule has 1 aliphatic rings. The van der Waals surface area contributed by atoms with Crippen molar-refractivity contribution < 1.29 is 14.7 Å². The van der Waals surface area contributed by atoms with E-state index in [-0.39, 0.29) is 28.5 Å². The number of carboxylic acid groups (broad SMARTS) is 1. The summed E-state index contributed by atoms with van der Waals surface area (Å²) in [7, 11) is 0. The van der Waals surface area contributed by atoms with Crippen LogP contribution in [0.15, 0.2) is 18.2 Å². The molecule has 1 heterocycles. The minimum atomic E-state index is -1.09. The van der Waals surface area contributed by atoms with Gasteiger partial charge in [0.15, 0.2) is 0 Å². The summed E-state index contributed by atoms with van der Waals surface area (Å²) in [6.45, 7) is 2.80. The molecule has 1 saturated heterocycles. The highest BCUT2D eigenvalue weighted by Gasteiger charge is 2.29. The van der Waals surface area contributed by atoms with E-state index in [1.807, 2.05) is 6.92 Å². The van der Waals surface area contributed by atoms with Crippen molar-refractivity contribution in [2.45, 2.75) is 19.4 Å². The zero-order chi connectivity index (χ0) is 14.0. The number of hydrogen-bond donors (Lipinski definition) is 3. The van der Waals surface area contributed by atoms with Gasteiger partial charge in [0.05, 0.1) is 16.5 Å². The van der Waals surface area contributed by atoms with Crippen LogP contribution in [0.3, 0.4) is 0 Å². The predicted molar refractivity (Wildman–Crippen MR) is 72.6 cm³/mol. The lowest BCUT2D eigenvalue weighted by molar-refractivity contribution is -0.120. The first kappa shape index (κ1) is 13.8. The molecular formula is C13H15ClN2O3. The molecule has 2 rings (SSSR count). The topological polar surface area (TPSA) is 78.4 Å². The molecule has 6 heteroatoms. The Labute approximate surface area is 116 Å². The SMILES string of the molecule is CC1NCCC1C(=O)Nc1ccc(C(=O)O)c(Cl)c1. The monoisotopic (exact) mass is 282 g/mol. The number of benzene rings is 1. The molecule has 0 aromatic heterocycles. The Morgan fingerprint density at radius 3 is 2.74 bits per heavy atom. The van der Waals surface area contributed by atoms with E-state index in [9.17, 15) is 9.59 Å². The highest BCUT2D eigenvalue weighted by atomic mass is 35.5. The Bertz CT molecular complexity index is 519. The maximum atomic E-state index is 12.0. The Morgan fingerprint density at radius 2 is 2.21 bits per heavy atom. The third kappa shape index (κ3) is 3.05. The summed E-state index contributed by atoms with van der Waals surface area (Å²) in [6, 6.07) is 4.53. The zero-order valence-corrected chi connectivity index (χ0v) is 11.2. The van der Waals surface area contributed by atoms with Gasteiger partial charge in [-0.25, -0.2) is 4.79 Å². The highest BCUT2D eigenvalue weighted by Crippen LogP contribution is 2.23. The van der Waals surface area contributed by atoms with Crippen molar-refractivity contribution in [2.75, 3.05) is 11.9 Å². The average Bonchev–Trinajstić information content (AvgIpc) is 2.75. The first-order valence-electron chi connectivity index (χ1n) is 6.06. The summed E-state index contributed by atoms with van der Waals surface area (Å²) >= 11 is 5.85. The smallest absolute Gasteiger partial charge is 0.337 e. The van der Waals surface area contributed by atoms with Gasteiger partial charge < -0.3 is 15.7 Å². The molecular weight excluding hydrogens is 268 g/mol. The highest BCUT2D eigenvalue weighted by molar-refractivity contribution is 6.33. The van der Waals surface area contributed by atoms with Crippen LogP contribution in [0.4, 0.5) is 5.69 Å². The fourth-order valence-corrected chi connectivity index (χ4v) is 2.48. The van der Waals surface area contributed by atoms with Crippen molar-refractivity contribution in [3.05, 3.63) is 28.8 Å². The van der Waals surface area contributed by atoms with E-state index in [0.717, 1.165) is 13.0 Å². The maximum absolute atomic E-state index is 12.0. The minimum Gasteiger partial charge on any atom is -0.478 e. The van der Waals surface area contributed by atoms with Crippen molar-refractivity contribution in [3.8, 4) is 0 Å². The number of hydrogen-bond acceptors (Lipinski definition) is 3. The third-order valence-electron chi connectivity index (χ3n) is 3.33. The molecule has 0 saturated carbocycles. The first-order chi connectivity index (χ1) is 8.99. The largest absolute Gasteiger partial charge is 0.478 e. The van der Waals surface area contributed by atoms with E-state index in [4.69, 9.17) is 16.7 Å². The minimum absolute atomic E-state index is 0.0237. The quantitative estimate of drug-likeness (QED) is 0.792. The number of halogens is 1. The second-order valence-corrected chi connectivity index (χ2v) is 5.03. The Morgan fingerprint density at radius 1 is 1.47 bits per heavy atom. The fraction of sp³-hybridized carbons (Fsp3) is 0.385. The van der Waals surface area contributed by atoms with E-state index in [2.05, 4.69) is 10.6 Å². The normalized spacial score (nSPS) is 22.2. The number of nitrogens with one attached hydrogen (secondary N) is 2. The second-order valence-electron chi connectivity index (χ2n) is 4.63. The van der Waals surface area contributed by atoms with E-state index < -0.39 is 5.97 Å². The van der Waals surface area contributed by atoms with Gasteiger partial charge in [-0.1, -0.05) is 11.6 Å². The molecule has 1 fully saturated rings. The molecule has 0 spiro atoms. The van der Waals surface area contributed by atoms with Crippen LogP contribution >= 0.6 is 11.6 Å². The number of aromatic carboxylic acids is 1. The van der Waals surface area contributed by atoms with Gasteiger partial charge in [-0.15, -0.1) is 0 Å². The predicted octanol–water partition coefficient (Wildman–Crippen LogP) is 1.97. The third-order valence-corrected chi connectivity index (χ3v) is 3.64. The van der Waals surface area contributed by atoms with E-state index in [0.29, 0.717) is 5.69 Å². The summed E-state index contributed by atoms with van der Waals surface area (Å²) in [5.41, 5.74) is 0.537. The molecule has 102 valence electrons. The summed E-state index contributed by atoms with van der Waals surface area (Å²) in [4.78, 5) is 22.9. The molecule has 1 aromatic carbocycles. The molecule has 1 amide bonds. The zero-order valence-electron chi connectivity index (χ0n) is 10.4. The van der Waals surface area contributed by atoms with Crippen LogP contribution in [0.2, 0.25) is 5.02 Å². The molecule has 0 aliphatic carbocycles. The summed E-state index contributed by atoms with van der Waals surface area (Å²) in [6.07, 6.45) is 0.800. The maximum Gasteiger partial charge on any atom is 0.337 e. The molecule has 0 bridgehead atoms. The number of anilines is 1. The van der Waals surface area contributed by atoms with Crippen molar-refractivity contribution in [1.82, 2.24) is 5.32 Å². The number of rotatable bonds is 3. The number of amides is 1. The van der Waals surface area contributed by atoms with Gasteiger partial charge in [-0.2, -0.15) is 0 Å². The fourth-order valence-electron chi connectivity index (χ4n) is 2.22. The average molecular weight is 283 g/mol. The molecule has 1 aromatic rings. The van der Waals surface area contributed by atoms with Gasteiger partial charge >= 0.3 is 5.97 Å². The summed E-state index contributed by atoms with van der Waals surface area (Å²) in [5, 5.41) is 15.0. The second kappa shape index (κ2) is 5.59. The lowest BCUT2D eigenvalue weighted by Gasteiger charge is -2.15. The Kier molecular flexibility index (Phi) is 4.07. The molecule has 1 aliphatic heterocycles. The van der Waals surface area contributed by atoms with E-state index in [1.54, 1.807) is 6.07 Å². The summed E-state index contributed by atoms with van der Waals surface area (Å²) < 4.78 is 0. The van der Waals surface area contributed by atoms with Crippen LogP contribution in [0.1, 0.15) is 23.7 Å². The van der Waals surface area contributed by atoms with Gasteiger partial charge in [0.1, 0.15) is 0 Å². The molecule has 2 atom stereocenters. The lowest BCUT2D eigenvalue weighted by Crippen LogP contribution is -2.32. The summed E-state index contributed by atoms with van der Waals surface area (Å²) in [5.74, 6) is -1.23.